The summed E-state index contributed by atoms with van der Waals surface area (Å²) in [4.78, 5) is 0. The zero-order valence-corrected chi connectivity index (χ0v) is 12.5. The lowest BCUT2D eigenvalue weighted by Crippen LogP contribution is -2.01. The van der Waals surface area contributed by atoms with Crippen molar-refractivity contribution in [3.63, 3.8) is 0 Å². The van der Waals surface area contributed by atoms with Crippen molar-refractivity contribution in [2.45, 2.75) is 19.6 Å². The lowest BCUT2D eigenvalue weighted by atomic mass is 10.1. The molecule has 0 saturated carbocycles. The summed E-state index contributed by atoms with van der Waals surface area (Å²) >= 11 is 3.52. The summed E-state index contributed by atoms with van der Waals surface area (Å²) in [6.07, 6.45) is 0.939. The van der Waals surface area contributed by atoms with E-state index < -0.39 is 0 Å². The Morgan fingerprint density at radius 1 is 1.20 bits per heavy atom. The van der Waals surface area contributed by atoms with Crippen LogP contribution in [0.1, 0.15) is 16.7 Å². The summed E-state index contributed by atoms with van der Waals surface area (Å²) in [7, 11) is 0. The van der Waals surface area contributed by atoms with Crippen LogP contribution in [0.15, 0.2) is 40.9 Å². The molecule has 3 rings (SSSR count). The molecule has 0 amide bonds. The van der Waals surface area contributed by atoms with Crippen molar-refractivity contribution < 1.29 is 14.6 Å². The smallest absolute Gasteiger partial charge is 0.129 e. The van der Waals surface area contributed by atoms with Crippen molar-refractivity contribution in [2.24, 2.45) is 0 Å². The fraction of sp³-hybridized carbons (Fsp3) is 0.250. The number of rotatable bonds is 4. The van der Waals surface area contributed by atoms with E-state index in [0.29, 0.717) is 12.4 Å². The molecule has 1 N–H and O–H groups in total. The van der Waals surface area contributed by atoms with Crippen LogP contribution in [-0.4, -0.2) is 11.7 Å². The molecule has 0 unspecified atom stereocenters. The van der Waals surface area contributed by atoms with Crippen molar-refractivity contribution in [2.75, 3.05) is 6.61 Å². The third-order valence-corrected chi connectivity index (χ3v) is 3.81. The highest BCUT2D eigenvalue weighted by Gasteiger charge is 2.18. The Hall–Kier alpha value is -1.52. The highest BCUT2D eigenvalue weighted by molar-refractivity contribution is 9.10. The molecule has 0 fully saturated rings. The minimum Gasteiger partial charge on any atom is -0.493 e. The number of aliphatic hydroxyl groups excluding tert-OH is 1. The van der Waals surface area contributed by atoms with Crippen LogP contribution in [-0.2, 0) is 19.6 Å². The van der Waals surface area contributed by atoms with Gasteiger partial charge in [0.05, 0.1) is 13.2 Å². The van der Waals surface area contributed by atoms with Gasteiger partial charge in [0.1, 0.15) is 18.1 Å². The SMILES string of the molecule is OCc1ccccc1OCc1cc(Br)cc2c1OCC2. The Morgan fingerprint density at radius 3 is 2.90 bits per heavy atom. The van der Waals surface area contributed by atoms with Gasteiger partial charge in [0.15, 0.2) is 0 Å². The van der Waals surface area contributed by atoms with Gasteiger partial charge in [-0.1, -0.05) is 34.1 Å². The summed E-state index contributed by atoms with van der Waals surface area (Å²) < 4.78 is 12.6. The minimum atomic E-state index is -0.0245. The molecule has 1 aliphatic heterocycles. The standard InChI is InChI=1S/C16H15BrO3/c17-14-7-11-5-6-19-16(11)13(8-14)10-20-15-4-2-1-3-12(15)9-18/h1-4,7-8,18H,5-6,9-10H2. The number of fused-ring (bicyclic) bond motifs is 1. The summed E-state index contributed by atoms with van der Waals surface area (Å²) in [5.41, 5.74) is 3.04. The fourth-order valence-corrected chi connectivity index (χ4v) is 2.94. The van der Waals surface area contributed by atoms with Crippen LogP contribution in [0, 0.1) is 0 Å². The van der Waals surface area contributed by atoms with E-state index in [1.807, 2.05) is 30.3 Å². The second-order valence-electron chi connectivity index (χ2n) is 4.71. The number of halogens is 1. The van der Waals surface area contributed by atoms with Gasteiger partial charge in [-0.05, 0) is 23.8 Å². The van der Waals surface area contributed by atoms with Crippen molar-refractivity contribution in [3.8, 4) is 11.5 Å². The maximum Gasteiger partial charge on any atom is 0.129 e. The molecule has 2 aromatic carbocycles. The lowest BCUT2D eigenvalue weighted by molar-refractivity contribution is 0.256. The molecule has 1 heterocycles. The molecule has 1 aliphatic rings. The summed E-state index contributed by atoms with van der Waals surface area (Å²) in [6.45, 7) is 1.13. The Labute approximate surface area is 126 Å². The van der Waals surface area contributed by atoms with E-state index in [1.54, 1.807) is 0 Å². The molecule has 0 atom stereocenters. The van der Waals surface area contributed by atoms with Crippen molar-refractivity contribution >= 4 is 15.9 Å². The highest BCUT2D eigenvalue weighted by Crippen LogP contribution is 2.33. The molecule has 104 valence electrons. The average Bonchev–Trinajstić information content (AvgIpc) is 2.93. The lowest BCUT2D eigenvalue weighted by Gasteiger charge is -2.12. The first-order valence-corrected chi connectivity index (χ1v) is 7.33. The number of aliphatic hydroxyl groups is 1. The zero-order valence-electron chi connectivity index (χ0n) is 10.9. The van der Waals surface area contributed by atoms with Crippen molar-refractivity contribution in [1.29, 1.82) is 0 Å². The average molecular weight is 335 g/mol. The molecule has 0 saturated heterocycles. The van der Waals surface area contributed by atoms with E-state index in [4.69, 9.17) is 9.47 Å². The van der Waals surface area contributed by atoms with Crippen molar-refractivity contribution in [1.82, 2.24) is 0 Å². The Morgan fingerprint density at radius 2 is 2.05 bits per heavy atom. The van der Waals surface area contributed by atoms with Gasteiger partial charge < -0.3 is 14.6 Å². The number of benzene rings is 2. The molecule has 0 aromatic heterocycles. The second-order valence-corrected chi connectivity index (χ2v) is 5.62. The third kappa shape index (κ3) is 2.67. The topological polar surface area (TPSA) is 38.7 Å². The minimum absolute atomic E-state index is 0.0245. The van der Waals surface area contributed by atoms with E-state index in [9.17, 15) is 5.11 Å². The number of ether oxygens (including phenoxy) is 2. The first kappa shape index (κ1) is 13.5. The van der Waals surface area contributed by atoms with E-state index in [1.165, 1.54) is 5.56 Å². The van der Waals surface area contributed by atoms with Gasteiger partial charge >= 0.3 is 0 Å². The van der Waals surface area contributed by atoms with Crippen LogP contribution >= 0.6 is 15.9 Å². The highest BCUT2D eigenvalue weighted by atomic mass is 79.9. The van der Waals surface area contributed by atoms with Crippen LogP contribution in [0.2, 0.25) is 0 Å². The van der Waals surface area contributed by atoms with Gasteiger partial charge in [0.2, 0.25) is 0 Å². The maximum atomic E-state index is 9.30. The first-order chi connectivity index (χ1) is 9.78. The zero-order chi connectivity index (χ0) is 13.9. The van der Waals surface area contributed by atoms with E-state index in [-0.39, 0.29) is 6.61 Å². The summed E-state index contributed by atoms with van der Waals surface area (Å²) in [5, 5.41) is 9.30. The van der Waals surface area contributed by atoms with Gasteiger partial charge in [-0.25, -0.2) is 0 Å². The Balaban J connectivity index is 1.82. The molecule has 2 aromatic rings. The molecule has 0 bridgehead atoms. The summed E-state index contributed by atoms with van der Waals surface area (Å²) in [5.74, 6) is 1.65. The quantitative estimate of drug-likeness (QED) is 0.930. The van der Waals surface area contributed by atoms with Crippen molar-refractivity contribution in [3.05, 3.63) is 57.6 Å². The maximum absolute atomic E-state index is 9.30. The largest absolute Gasteiger partial charge is 0.493 e. The molecule has 0 aliphatic carbocycles. The Kier molecular flexibility index (Phi) is 3.94. The van der Waals surface area contributed by atoms with Crippen LogP contribution in [0.5, 0.6) is 11.5 Å². The predicted octanol–water partition coefficient (Wildman–Crippen LogP) is 3.46. The monoisotopic (exact) mass is 334 g/mol. The summed E-state index contributed by atoms with van der Waals surface area (Å²) in [6, 6.07) is 11.6. The fourth-order valence-electron chi connectivity index (χ4n) is 2.38. The van der Waals surface area contributed by atoms with Crippen LogP contribution in [0.4, 0.5) is 0 Å². The normalized spacial score (nSPS) is 12.9. The molecule has 0 radical (unpaired) electrons. The number of hydrogen-bond donors (Lipinski definition) is 1. The van der Waals surface area contributed by atoms with Gasteiger partial charge in [-0.3, -0.25) is 0 Å². The van der Waals surface area contributed by atoms with Crippen LogP contribution in [0.3, 0.4) is 0 Å². The van der Waals surface area contributed by atoms with Crippen LogP contribution in [0.25, 0.3) is 0 Å². The van der Waals surface area contributed by atoms with Gasteiger partial charge in [-0.15, -0.1) is 0 Å². The van der Waals surface area contributed by atoms with Crippen LogP contribution < -0.4 is 9.47 Å². The second kappa shape index (κ2) is 5.85. The molecular formula is C16H15BrO3. The van der Waals surface area contributed by atoms with Gasteiger partial charge in [0.25, 0.3) is 0 Å². The van der Waals surface area contributed by atoms with E-state index in [0.717, 1.165) is 34.4 Å². The first-order valence-electron chi connectivity index (χ1n) is 6.53. The molecule has 0 spiro atoms. The third-order valence-electron chi connectivity index (χ3n) is 3.35. The van der Waals surface area contributed by atoms with Gasteiger partial charge in [-0.2, -0.15) is 0 Å². The molecule has 3 nitrogen and oxygen atoms in total. The predicted molar refractivity (Wildman–Crippen MR) is 80.0 cm³/mol. The van der Waals surface area contributed by atoms with E-state index >= 15 is 0 Å². The Bertz CT molecular complexity index is 625. The van der Waals surface area contributed by atoms with E-state index in [2.05, 4.69) is 22.0 Å². The van der Waals surface area contributed by atoms with Gasteiger partial charge in [0, 0.05) is 22.0 Å². The molecular weight excluding hydrogens is 320 g/mol. The number of hydrogen-bond acceptors (Lipinski definition) is 3. The number of para-hydroxylation sites is 1. The molecule has 20 heavy (non-hydrogen) atoms. The molecule has 4 heteroatoms.